The van der Waals surface area contributed by atoms with Gasteiger partial charge in [-0.15, -0.1) is 0 Å². The van der Waals surface area contributed by atoms with Gasteiger partial charge in [-0.3, -0.25) is 9.52 Å². The molecule has 1 aliphatic heterocycles. The van der Waals surface area contributed by atoms with Crippen molar-refractivity contribution in [2.75, 3.05) is 16.2 Å². The molecule has 0 spiro atoms. The Labute approximate surface area is 164 Å². The Hall–Kier alpha value is -2.25. The summed E-state index contributed by atoms with van der Waals surface area (Å²) < 4.78 is 34.0. The van der Waals surface area contributed by atoms with Gasteiger partial charge in [0.2, 0.25) is 5.91 Å². The quantitative estimate of drug-likeness (QED) is 0.833. The zero-order valence-electron chi connectivity index (χ0n) is 15.5. The summed E-state index contributed by atoms with van der Waals surface area (Å²) in [5.74, 6) is 0.291. The molecule has 0 atom stereocenters. The number of halogens is 1. The van der Waals surface area contributed by atoms with Gasteiger partial charge in [-0.05, 0) is 56.7 Å². The van der Waals surface area contributed by atoms with Crippen molar-refractivity contribution in [2.24, 2.45) is 0 Å². The third kappa shape index (κ3) is 4.04. The molecule has 2 aromatic carbocycles. The smallest absolute Gasteiger partial charge is 0.261 e. The highest BCUT2D eigenvalue weighted by Gasteiger charge is 2.34. The Morgan fingerprint density at radius 3 is 2.56 bits per heavy atom. The second-order valence-electron chi connectivity index (χ2n) is 7.17. The van der Waals surface area contributed by atoms with Gasteiger partial charge >= 0.3 is 0 Å². The number of benzene rings is 2. The number of fused-ring (bicyclic) bond motifs is 1. The summed E-state index contributed by atoms with van der Waals surface area (Å²) in [6, 6.07) is 9.41. The van der Waals surface area contributed by atoms with Crippen molar-refractivity contribution in [2.45, 2.75) is 38.2 Å². The van der Waals surface area contributed by atoms with E-state index in [1.165, 1.54) is 24.0 Å². The minimum Gasteiger partial charge on any atom is -0.484 e. The van der Waals surface area contributed by atoms with Crippen LogP contribution in [-0.2, 0) is 14.8 Å². The fourth-order valence-corrected chi connectivity index (χ4v) is 4.16. The Kier molecular flexibility index (Phi) is 4.86. The SMILES string of the molecule is CC(=O)N1CC(C)(C)Oc2ccc(S(=O)(=O)Nc3ccc(C)c(Cl)c3)cc21. The third-order valence-electron chi connectivity index (χ3n) is 4.26. The molecule has 0 bridgehead atoms. The number of rotatable bonds is 3. The molecular weight excluding hydrogens is 388 g/mol. The fraction of sp³-hybridized carbons (Fsp3) is 0.316. The largest absolute Gasteiger partial charge is 0.484 e. The van der Waals surface area contributed by atoms with Gasteiger partial charge in [-0.2, -0.15) is 0 Å². The van der Waals surface area contributed by atoms with E-state index in [4.69, 9.17) is 16.3 Å². The third-order valence-corrected chi connectivity index (χ3v) is 6.05. The molecule has 0 saturated heterocycles. The average molecular weight is 409 g/mol. The average Bonchev–Trinajstić information content (AvgIpc) is 2.56. The molecule has 0 saturated carbocycles. The number of carbonyl (C=O) groups is 1. The number of aryl methyl sites for hydroxylation is 1. The molecule has 1 aliphatic rings. The molecule has 0 fully saturated rings. The van der Waals surface area contributed by atoms with Crippen molar-refractivity contribution in [3.63, 3.8) is 0 Å². The van der Waals surface area contributed by atoms with Crippen LogP contribution in [0.2, 0.25) is 5.02 Å². The first-order valence-corrected chi connectivity index (χ1v) is 10.2. The van der Waals surface area contributed by atoms with Crippen LogP contribution < -0.4 is 14.4 Å². The number of sulfonamides is 1. The molecule has 144 valence electrons. The maximum Gasteiger partial charge on any atom is 0.261 e. The number of ether oxygens (including phenoxy) is 1. The standard InChI is InChI=1S/C19H21ClN2O4S/c1-12-5-6-14(9-16(12)20)21-27(24,25)15-7-8-18-17(10-15)22(13(2)23)11-19(3,4)26-18/h5-10,21H,11H2,1-4H3. The minimum absolute atomic E-state index is 0.0347. The highest BCUT2D eigenvalue weighted by atomic mass is 35.5. The second-order valence-corrected chi connectivity index (χ2v) is 9.26. The molecule has 8 heteroatoms. The zero-order chi connectivity index (χ0) is 20.0. The first-order chi connectivity index (χ1) is 12.5. The molecular formula is C19H21ClN2O4S. The van der Waals surface area contributed by atoms with Crippen molar-refractivity contribution < 1.29 is 17.9 Å². The van der Waals surface area contributed by atoms with Gasteiger partial charge in [0.25, 0.3) is 10.0 Å². The normalized spacial score (nSPS) is 15.7. The molecule has 1 N–H and O–H groups in total. The van der Waals surface area contributed by atoms with Gasteiger partial charge in [-0.1, -0.05) is 17.7 Å². The van der Waals surface area contributed by atoms with Gasteiger partial charge in [-0.25, -0.2) is 8.42 Å². The van der Waals surface area contributed by atoms with Crippen LogP contribution in [0.5, 0.6) is 5.75 Å². The maximum absolute atomic E-state index is 12.8. The number of nitrogens with zero attached hydrogens (tertiary/aromatic N) is 1. The molecule has 0 radical (unpaired) electrons. The summed E-state index contributed by atoms with van der Waals surface area (Å²) in [7, 11) is -3.86. The molecule has 0 aromatic heterocycles. The van der Waals surface area contributed by atoms with Gasteiger partial charge in [0, 0.05) is 11.9 Å². The summed E-state index contributed by atoms with van der Waals surface area (Å²) in [5, 5.41) is 0.471. The molecule has 1 amide bonds. The lowest BCUT2D eigenvalue weighted by Gasteiger charge is -2.39. The predicted molar refractivity (Wildman–Crippen MR) is 106 cm³/mol. The van der Waals surface area contributed by atoms with E-state index in [2.05, 4.69) is 4.72 Å². The van der Waals surface area contributed by atoms with E-state index >= 15 is 0 Å². The summed E-state index contributed by atoms with van der Waals surface area (Å²) in [6.45, 7) is 7.36. The van der Waals surface area contributed by atoms with Gasteiger partial charge in [0.05, 0.1) is 22.8 Å². The van der Waals surface area contributed by atoms with Crippen LogP contribution in [0.4, 0.5) is 11.4 Å². The Bertz CT molecular complexity index is 1020. The number of carbonyl (C=O) groups excluding carboxylic acids is 1. The van der Waals surface area contributed by atoms with Gasteiger partial charge in [0.15, 0.2) is 0 Å². The molecule has 3 rings (SSSR count). The van der Waals surface area contributed by atoms with Crippen molar-refractivity contribution in [1.29, 1.82) is 0 Å². The number of nitrogens with one attached hydrogen (secondary N) is 1. The number of hydrogen-bond acceptors (Lipinski definition) is 4. The molecule has 27 heavy (non-hydrogen) atoms. The van der Waals surface area contributed by atoms with Crippen molar-refractivity contribution in [3.8, 4) is 5.75 Å². The minimum atomic E-state index is -3.86. The number of hydrogen-bond donors (Lipinski definition) is 1. The molecule has 0 aliphatic carbocycles. The van der Waals surface area contributed by atoms with Gasteiger partial charge < -0.3 is 9.64 Å². The van der Waals surface area contributed by atoms with Crippen molar-refractivity contribution >= 4 is 38.9 Å². The second kappa shape index (κ2) is 6.73. The Balaban J connectivity index is 1.99. The monoisotopic (exact) mass is 408 g/mol. The van der Waals surface area contributed by atoms with E-state index in [9.17, 15) is 13.2 Å². The summed E-state index contributed by atoms with van der Waals surface area (Å²) in [4.78, 5) is 13.6. The van der Waals surface area contributed by atoms with Crippen LogP contribution in [-0.4, -0.2) is 26.5 Å². The lowest BCUT2D eigenvalue weighted by Crippen LogP contribution is -2.48. The van der Waals surface area contributed by atoms with Crippen LogP contribution in [0.15, 0.2) is 41.3 Å². The Morgan fingerprint density at radius 1 is 1.22 bits per heavy atom. The summed E-state index contributed by atoms with van der Waals surface area (Å²) in [5.41, 5.74) is 1.09. The van der Waals surface area contributed by atoms with E-state index < -0.39 is 15.6 Å². The van der Waals surface area contributed by atoms with Crippen LogP contribution in [0, 0.1) is 6.92 Å². The lowest BCUT2D eigenvalue weighted by molar-refractivity contribution is -0.117. The molecule has 2 aromatic rings. The van der Waals surface area contributed by atoms with Crippen LogP contribution >= 0.6 is 11.6 Å². The van der Waals surface area contributed by atoms with Crippen molar-refractivity contribution in [1.82, 2.24) is 0 Å². The van der Waals surface area contributed by atoms with Crippen LogP contribution in [0.1, 0.15) is 26.3 Å². The van der Waals surface area contributed by atoms with E-state index in [1.807, 2.05) is 20.8 Å². The van der Waals surface area contributed by atoms with E-state index in [1.54, 1.807) is 24.3 Å². The fourth-order valence-electron chi connectivity index (χ4n) is 2.91. The topological polar surface area (TPSA) is 75.7 Å². The van der Waals surface area contributed by atoms with Crippen LogP contribution in [0.25, 0.3) is 0 Å². The number of anilines is 2. The Morgan fingerprint density at radius 2 is 1.93 bits per heavy atom. The zero-order valence-corrected chi connectivity index (χ0v) is 17.1. The van der Waals surface area contributed by atoms with Crippen molar-refractivity contribution in [3.05, 3.63) is 47.0 Å². The van der Waals surface area contributed by atoms with E-state index in [0.717, 1.165) is 5.56 Å². The first-order valence-electron chi connectivity index (χ1n) is 8.39. The molecule has 6 nitrogen and oxygen atoms in total. The summed E-state index contributed by atoms with van der Waals surface area (Å²) in [6.07, 6.45) is 0. The summed E-state index contributed by atoms with van der Waals surface area (Å²) >= 11 is 6.07. The highest BCUT2D eigenvalue weighted by Crippen LogP contribution is 2.38. The maximum atomic E-state index is 12.8. The predicted octanol–water partition coefficient (Wildman–Crippen LogP) is 3.97. The van der Waals surface area contributed by atoms with Crippen LogP contribution in [0.3, 0.4) is 0 Å². The first kappa shape index (κ1) is 19.5. The number of amides is 1. The van der Waals surface area contributed by atoms with E-state index in [-0.39, 0.29) is 10.8 Å². The van der Waals surface area contributed by atoms with E-state index in [0.29, 0.717) is 28.7 Å². The van der Waals surface area contributed by atoms with Gasteiger partial charge in [0.1, 0.15) is 11.4 Å². The molecule has 0 unspecified atom stereocenters. The highest BCUT2D eigenvalue weighted by molar-refractivity contribution is 7.92. The lowest BCUT2D eigenvalue weighted by atomic mass is 10.1. The molecule has 1 heterocycles.